The van der Waals surface area contributed by atoms with Gasteiger partial charge in [0.25, 0.3) is 0 Å². The van der Waals surface area contributed by atoms with Gasteiger partial charge in [-0.15, -0.1) is 12.6 Å². The van der Waals surface area contributed by atoms with Crippen molar-refractivity contribution in [1.82, 2.24) is 9.88 Å². The van der Waals surface area contributed by atoms with E-state index in [0.29, 0.717) is 0 Å². The molecule has 3 heterocycles. The van der Waals surface area contributed by atoms with Gasteiger partial charge in [0.05, 0.1) is 0 Å². The zero-order chi connectivity index (χ0) is 20.5. The number of nitrogens with two attached hydrogens (primary N) is 2. The molecule has 2 fully saturated rings. The van der Waals surface area contributed by atoms with Crippen LogP contribution in [-0.4, -0.2) is 55.7 Å². The second-order valence-electron chi connectivity index (χ2n) is 7.92. The Morgan fingerprint density at radius 1 is 0.966 bits per heavy atom. The summed E-state index contributed by atoms with van der Waals surface area (Å²) in [6, 6.07) is 12.4. The Balaban J connectivity index is 0.000000188. The van der Waals surface area contributed by atoms with E-state index in [1.807, 2.05) is 24.4 Å². The highest BCUT2D eigenvalue weighted by Gasteiger charge is 2.18. The van der Waals surface area contributed by atoms with Crippen LogP contribution in [0.1, 0.15) is 25.7 Å². The summed E-state index contributed by atoms with van der Waals surface area (Å²) in [5.74, 6) is 1.88. The van der Waals surface area contributed by atoms with E-state index < -0.39 is 0 Å². The largest absolute Gasteiger partial charge is 0.356 e. The molecule has 1 aromatic heterocycles. The first-order chi connectivity index (χ1) is 14.2. The summed E-state index contributed by atoms with van der Waals surface area (Å²) in [6.45, 7) is 7.32. The maximum absolute atomic E-state index is 5.58. The molecule has 0 aliphatic carbocycles. The number of pyridine rings is 1. The fourth-order valence-electron chi connectivity index (χ4n) is 4.07. The molecule has 0 bridgehead atoms. The van der Waals surface area contributed by atoms with Crippen molar-refractivity contribution < 1.29 is 0 Å². The van der Waals surface area contributed by atoms with E-state index in [0.717, 1.165) is 49.4 Å². The first-order valence-corrected chi connectivity index (χ1v) is 11.3. The van der Waals surface area contributed by atoms with Crippen molar-refractivity contribution in [3.8, 4) is 11.1 Å². The summed E-state index contributed by atoms with van der Waals surface area (Å²) in [5.41, 5.74) is 13.5. The fraction of sp³-hybridized carbons (Fsp3) is 0.522. The zero-order valence-electron chi connectivity index (χ0n) is 17.3. The van der Waals surface area contributed by atoms with Crippen molar-refractivity contribution in [1.29, 1.82) is 0 Å². The third-order valence-corrected chi connectivity index (χ3v) is 6.15. The van der Waals surface area contributed by atoms with Crippen molar-refractivity contribution in [2.75, 3.05) is 50.7 Å². The van der Waals surface area contributed by atoms with E-state index in [-0.39, 0.29) is 0 Å². The number of aromatic nitrogens is 1. The molecule has 2 aliphatic heterocycles. The van der Waals surface area contributed by atoms with E-state index in [4.69, 9.17) is 11.5 Å². The molecule has 0 atom stereocenters. The second-order valence-corrected chi connectivity index (χ2v) is 8.44. The van der Waals surface area contributed by atoms with Gasteiger partial charge in [-0.2, -0.15) is 0 Å². The van der Waals surface area contributed by atoms with Crippen LogP contribution in [0.25, 0.3) is 11.1 Å². The molecule has 158 valence electrons. The standard InChI is InChI=1S/C15H16N2S.C8H19N3/c18-13-7-5-12(6-8-13)14-4-3-9-16-15(14)17-10-1-2-11-17;9-3-6-11-4-1-8(7-10)2-5-11/h3-9,18H,1-2,10-11H2;8H,1-7,9-10H2. The Kier molecular flexibility index (Phi) is 8.80. The van der Waals surface area contributed by atoms with Crippen LogP contribution in [0.15, 0.2) is 47.5 Å². The summed E-state index contributed by atoms with van der Waals surface area (Å²) in [5, 5.41) is 0. The van der Waals surface area contributed by atoms with E-state index in [1.54, 1.807) is 0 Å². The minimum absolute atomic E-state index is 0.768. The highest BCUT2D eigenvalue weighted by atomic mass is 32.1. The number of hydrogen-bond donors (Lipinski definition) is 3. The number of piperidine rings is 1. The molecular weight excluding hydrogens is 378 g/mol. The first-order valence-electron chi connectivity index (χ1n) is 10.8. The van der Waals surface area contributed by atoms with Crippen LogP contribution in [0.3, 0.4) is 0 Å². The van der Waals surface area contributed by atoms with Gasteiger partial charge in [0.15, 0.2) is 0 Å². The summed E-state index contributed by atoms with van der Waals surface area (Å²) in [4.78, 5) is 10.4. The van der Waals surface area contributed by atoms with Gasteiger partial charge >= 0.3 is 0 Å². The van der Waals surface area contributed by atoms with Gasteiger partial charge in [0.2, 0.25) is 0 Å². The third kappa shape index (κ3) is 6.44. The minimum Gasteiger partial charge on any atom is -0.356 e. The molecule has 2 aromatic rings. The van der Waals surface area contributed by atoms with Crippen LogP contribution in [-0.2, 0) is 0 Å². The Hall–Kier alpha value is -1.60. The van der Waals surface area contributed by atoms with Crippen molar-refractivity contribution >= 4 is 18.4 Å². The second kappa shape index (κ2) is 11.6. The molecule has 2 saturated heterocycles. The molecule has 5 nitrogen and oxygen atoms in total. The number of anilines is 1. The number of likely N-dealkylation sites (tertiary alicyclic amines) is 1. The van der Waals surface area contributed by atoms with Crippen LogP contribution < -0.4 is 16.4 Å². The van der Waals surface area contributed by atoms with Crippen molar-refractivity contribution in [2.24, 2.45) is 17.4 Å². The van der Waals surface area contributed by atoms with Crippen molar-refractivity contribution in [2.45, 2.75) is 30.6 Å². The molecule has 0 spiro atoms. The molecule has 29 heavy (non-hydrogen) atoms. The SMILES string of the molecule is NCCN1CCC(CN)CC1.Sc1ccc(-c2cccnc2N2CCCC2)cc1. The molecule has 1 aromatic carbocycles. The molecule has 0 amide bonds. The summed E-state index contributed by atoms with van der Waals surface area (Å²) in [6.07, 6.45) is 6.94. The topological polar surface area (TPSA) is 71.4 Å². The quantitative estimate of drug-likeness (QED) is 0.657. The molecule has 6 heteroatoms. The van der Waals surface area contributed by atoms with Gasteiger partial charge < -0.3 is 21.3 Å². The number of hydrogen-bond acceptors (Lipinski definition) is 6. The van der Waals surface area contributed by atoms with E-state index >= 15 is 0 Å². The lowest BCUT2D eigenvalue weighted by Gasteiger charge is -2.30. The fourth-order valence-corrected chi connectivity index (χ4v) is 4.22. The van der Waals surface area contributed by atoms with E-state index in [1.165, 1.54) is 49.9 Å². The molecule has 2 aliphatic rings. The molecule has 0 unspecified atom stereocenters. The Morgan fingerprint density at radius 3 is 2.28 bits per heavy atom. The average Bonchev–Trinajstić information content (AvgIpc) is 3.30. The summed E-state index contributed by atoms with van der Waals surface area (Å²) < 4.78 is 0. The number of benzene rings is 1. The average molecular weight is 414 g/mol. The molecule has 4 rings (SSSR count). The maximum atomic E-state index is 5.58. The van der Waals surface area contributed by atoms with Crippen LogP contribution in [0.4, 0.5) is 5.82 Å². The van der Waals surface area contributed by atoms with Gasteiger partial charge in [-0.25, -0.2) is 4.98 Å². The molecule has 4 N–H and O–H groups in total. The van der Waals surface area contributed by atoms with E-state index in [2.05, 4.69) is 45.6 Å². The zero-order valence-corrected chi connectivity index (χ0v) is 18.2. The normalized spacial score (nSPS) is 17.8. The minimum atomic E-state index is 0.768. The van der Waals surface area contributed by atoms with Gasteiger partial charge in [-0.3, -0.25) is 0 Å². The van der Waals surface area contributed by atoms with Crippen LogP contribution in [0, 0.1) is 5.92 Å². The monoisotopic (exact) mass is 413 g/mol. The van der Waals surface area contributed by atoms with Gasteiger partial charge in [-0.1, -0.05) is 12.1 Å². The summed E-state index contributed by atoms with van der Waals surface area (Å²) >= 11 is 4.33. The number of rotatable bonds is 5. The smallest absolute Gasteiger partial charge is 0.136 e. The highest BCUT2D eigenvalue weighted by Crippen LogP contribution is 2.31. The molecule has 0 radical (unpaired) electrons. The molecule has 0 saturated carbocycles. The van der Waals surface area contributed by atoms with Crippen LogP contribution in [0.5, 0.6) is 0 Å². The van der Waals surface area contributed by atoms with Gasteiger partial charge in [0, 0.05) is 42.8 Å². The predicted molar refractivity (Wildman–Crippen MR) is 126 cm³/mol. The van der Waals surface area contributed by atoms with Crippen molar-refractivity contribution in [3.63, 3.8) is 0 Å². The van der Waals surface area contributed by atoms with E-state index in [9.17, 15) is 0 Å². The Labute approximate surface area is 180 Å². The lowest BCUT2D eigenvalue weighted by Crippen LogP contribution is -2.38. The lowest BCUT2D eigenvalue weighted by atomic mass is 9.97. The molecular formula is C23H35N5S. The van der Waals surface area contributed by atoms with Crippen LogP contribution >= 0.6 is 12.6 Å². The maximum Gasteiger partial charge on any atom is 0.136 e. The predicted octanol–water partition coefficient (Wildman–Crippen LogP) is 3.25. The van der Waals surface area contributed by atoms with Gasteiger partial charge in [-0.05, 0) is 81.1 Å². The third-order valence-electron chi connectivity index (χ3n) is 5.86. The number of nitrogens with zero attached hydrogens (tertiary/aromatic N) is 3. The Morgan fingerprint density at radius 2 is 1.66 bits per heavy atom. The first kappa shape index (κ1) is 22.1. The van der Waals surface area contributed by atoms with Crippen molar-refractivity contribution in [3.05, 3.63) is 42.6 Å². The highest BCUT2D eigenvalue weighted by molar-refractivity contribution is 7.80. The lowest BCUT2D eigenvalue weighted by molar-refractivity contribution is 0.192. The van der Waals surface area contributed by atoms with Crippen LogP contribution in [0.2, 0.25) is 0 Å². The summed E-state index contributed by atoms with van der Waals surface area (Å²) in [7, 11) is 0. The van der Waals surface area contributed by atoms with Gasteiger partial charge in [0.1, 0.15) is 5.82 Å². The Bertz CT molecular complexity index is 722. The number of thiol groups is 1.